The molecule has 3 rings (SSSR count). The van der Waals surface area contributed by atoms with Crippen molar-refractivity contribution in [2.24, 2.45) is 0 Å². The Morgan fingerprint density at radius 1 is 1.15 bits per heavy atom. The van der Waals surface area contributed by atoms with E-state index in [0.717, 1.165) is 5.69 Å². The standard InChI is InChI=1S/C14H10ClFN4/c15-12-7-9(16)6-11(14(12)17)13-8-18-19-20(13)10-4-2-1-3-5-10/h1-8H,17H2. The summed E-state index contributed by atoms with van der Waals surface area (Å²) in [5.41, 5.74) is 8.07. The van der Waals surface area contributed by atoms with Gasteiger partial charge in [-0.1, -0.05) is 35.0 Å². The Morgan fingerprint density at radius 3 is 2.65 bits per heavy atom. The number of nitrogens with two attached hydrogens (primary N) is 1. The third-order valence-electron chi connectivity index (χ3n) is 2.92. The summed E-state index contributed by atoms with van der Waals surface area (Å²) in [6.45, 7) is 0. The second-order valence-electron chi connectivity index (χ2n) is 4.22. The van der Waals surface area contributed by atoms with Crippen molar-refractivity contribution in [2.75, 3.05) is 5.73 Å². The van der Waals surface area contributed by atoms with Crippen LogP contribution >= 0.6 is 11.6 Å². The van der Waals surface area contributed by atoms with Crippen molar-refractivity contribution < 1.29 is 4.39 Å². The molecule has 0 amide bonds. The molecular formula is C14H10ClFN4. The molecule has 0 aliphatic carbocycles. The SMILES string of the molecule is Nc1c(Cl)cc(F)cc1-c1cnnn1-c1ccccc1. The lowest BCUT2D eigenvalue weighted by Gasteiger charge is -2.09. The lowest BCUT2D eigenvalue weighted by Crippen LogP contribution is -2.01. The first-order chi connectivity index (χ1) is 9.66. The maximum absolute atomic E-state index is 13.5. The highest BCUT2D eigenvalue weighted by molar-refractivity contribution is 6.33. The van der Waals surface area contributed by atoms with Gasteiger partial charge >= 0.3 is 0 Å². The molecule has 6 heteroatoms. The summed E-state index contributed by atoms with van der Waals surface area (Å²) < 4.78 is 15.1. The molecule has 1 heterocycles. The molecule has 0 bridgehead atoms. The maximum atomic E-state index is 13.5. The Bertz CT molecular complexity index is 755. The number of nitrogen functional groups attached to an aromatic ring is 1. The van der Waals surface area contributed by atoms with Crippen molar-refractivity contribution in [1.29, 1.82) is 0 Å². The molecule has 3 aromatic rings. The van der Waals surface area contributed by atoms with Crippen LogP contribution in [0.2, 0.25) is 5.02 Å². The molecule has 0 unspecified atom stereocenters. The largest absolute Gasteiger partial charge is 0.397 e. The molecule has 0 aliphatic rings. The first-order valence-corrected chi connectivity index (χ1v) is 6.25. The molecule has 2 aromatic carbocycles. The van der Waals surface area contributed by atoms with Gasteiger partial charge in [0.1, 0.15) is 5.82 Å². The molecule has 100 valence electrons. The van der Waals surface area contributed by atoms with Gasteiger partial charge in [0.05, 0.1) is 28.3 Å². The van der Waals surface area contributed by atoms with Crippen molar-refractivity contribution in [2.45, 2.75) is 0 Å². The van der Waals surface area contributed by atoms with Gasteiger partial charge in [0.25, 0.3) is 0 Å². The Morgan fingerprint density at radius 2 is 1.90 bits per heavy atom. The Kier molecular flexibility index (Phi) is 3.12. The highest BCUT2D eigenvalue weighted by atomic mass is 35.5. The smallest absolute Gasteiger partial charge is 0.125 e. The van der Waals surface area contributed by atoms with Gasteiger partial charge in [0.2, 0.25) is 0 Å². The van der Waals surface area contributed by atoms with E-state index in [-0.39, 0.29) is 5.02 Å². The van der Waals surface area contributed by atoms with Gasteiger partial charge in [-0.15, -0.1) is 5.10 Å². The summed E-state index contributed by atoms with van der Waals surface area (Å²) >= 11 is 5.92. The van der Waals surface area contributed by atoms with E-state index in [1.165, 1.54) is 18.3 Å². The van der Waals surface area contributed by atoms with Crippen molar-refractivity contribution >= 4 is 17.3 Å². The molecule has 0 radical (unpaired) electrons. The monoisotopic (exact) mass is 288 g/mol. The number of anilines is 1. The van der Waals surface area contributed by atoms with E-state index in [1.54, 1.807) is 4.68 Å². The first-order valence-electron chi connectivity index (χ1n) is 5.88. The van der Waals surface area contributed by atoms with Crippen LogP contribution in [0.25, 0.3) is 16.9 Å². The quantitative estimate of drug-likeness (QED) is 0.736. The van der Waals surface area contributed by atoms with Crippen LogP contribution in [-0.2, 0) is 0 Å². The number of aromatic nitrogens is 3. The predicted molar refractivity (Wildman–Crippen MR) is 76.2 cm³/mol. The Hall–Kier alpha value is -2.40. The van der Waals surface area contributed by atoms with Crippen LogP contribution in [0.1, 0.15) is 0 Å². The van der Waals surface area contributed by atoms with Crippen LogP contribution in [0.3, 0.4) is 0 Å². The fourth-order valence-electron chi connectivity index (χ4n) is 1.98. The summed E-state index contributed by atoms with van der Waals surface area (Å²) in [4.78, 5) is 0. The lowest BCUT2D eigenvalue weighted by atomic mass is 10.1. The number of hydrogen-bond acceptors (Lipinski definition) is 3. The van der Waals surface area contributed by atoms with Crippen molar-refractivity contribution in [1.82, 2.24) is 15.0 Å². The predicted octanol–water partition coefficient (Wildman–Crippen LogP) is 3.31. The van der Waals surface area contributed by atoms with Crippen LogP contribution in [0.4, 0.5) is 10.1 Å². The summed E-state index contributed by atoms with van der Waals surface area (Å²) in [6, 6.07) is 11.9. The van der Waals surface area contributed by atoms with Gasteiger partial charge < -0.3 is 5.73 Å². The number of para-hydroxylation sites is 1. The van der Waals surface area contributed by atoms with Crippen LogP contribution < -0.4 is 5.73 Å². The topological polar surface area (TPSA) is 56.7 Å². The molecule has 0 aliphatic heterocycles. The van der Waals surface area contributed by atoms with Crippen LogP contribution in [0.15, 0.2) is 48.7 Å². The van der Waals surface area contributed by atoms with Gasteiger partial charge in [-0.3, -0.25) is 0 Å². The highest BCUT2D eigenvalue weighted by Gasteiger charge is 2.14. The third-order valence-corrected chi connectivity index (χ3v) is 3.23. The van der Waals surface area contributed by atoms with Gasteiger partial charge in [-0.25, -0.2) is 9.07 Å². The van der Waals surface area contributed by atoms with Gasteiger partial charge in [-0.2, -0.15) is 0 Å². The lowest BCUT2D eigenvalue weighted by molar-refractivity contribution is 0.628. The zero-order valence-corrected chi connectivity index (χ0v) is 11.0. The summed E-state index contributed by atoms with van der Waals surface area (Å²) in [7, 11) is 0. The molecule has 4 nitrogen and oxygen atoms in total. The van der Waals surface area contributed by atoms with E-state index in [4.69, 9.17) is 17.3 Å². The summed E-state index contributed by atoms with van der Waals surface area (Å²) in [6.07, 6.45) is 1.52. The van der Waals surface area contributed by atoms with Crippen molar-refractivity contribution in [3.63, 3.8) is 0 Å². The van der Waals surface area contributed by atoms with Crippen molar-refractivity contribution in [3.05, 3.63) is 59.5 Å². The zero-order chi connectivity index (χ0) is 14.1. The molecule has 1 aromatic heterocycles. The fraction of sp³-hybridized carbons (Fsp3) is 0. The average molecular weight is 289 g/mol. The molecule has 0 atom stereocenters. The third kappa shape index (κ3) is 2.12. The van der Waals surface area contributed by atoms with Gasteiger partial charge in [-0.05, 0) is 24.3 Å². The van der Waals surface area contributed by atoms with Crippen molar-refractivity contribution in [3.8, 4) is 16.9 Å². The van der Waals surface area contributed by atoms with E-state index in [2.05, 4.69) is 10.3 Å². The van der Waals surface area contributed by atoms with E-state index in [0.29, 0.717) is 16.9 Å². The minimum atomic E-state index is -0.458. The Labute approximate surface area is 119 Å². The second-order valence-corrected chi connectivity index (χ2v) is 4.62. The number of nitrogens with zero attached hydrogens (tertiary/aromatic N) is 3. The molecule has 0 fully saturated rings. The number of rotatable bonds is 2. The van der Waals surface area contributed by atoms with Crippen LogP contribution in [-0.4, -0.2) is 15.0 Å². The first kappa shape index (κ1) is 12.6. The molecule has 0 saturated heterocycles. The second kappa shape index (κ2) is 4.94. The van der Waals surface area contributed by atoms with Gasteiger partial charge in [0, 0.05) is 5.56 Å². The number of halogens is 2. The van der Waals surface area contributed by atoms with E-state index < -0.39 is 5.82 Å². The normalized spacial score (nSPS) is 10.7. The van der Waals surface area contributed by atoms with Crippen LogP contribution in [0, 0.1) is 5.82 Å². The minimum Gasteiger partial charge on any atom is -0.397 e. The average Bonchev–Trinajstić information content (AvgIpc) is 2.93. The highest BCUT2D eigenvalue weighted by Crippen LogP contribution is 2.33. The van der Waals surface area contributed by atoms with Crippen LogP contribution in [0.5, 0.6) is 0 Å². The van der Waals surface area contributed by atoms with E-state index in [1.807, 2.05) is 30.3 Å². The molecule has 20 heavy (non-hydrogen) atoms. The zero-order valence-electron chi connectivity index (χ0n) is 10.3. The van der Waals surface area contributed by atoms with Gasteiger partial charge in [0.15, 0.2) is 0 Å². The number of hydrogen-bond donors (Lipinski definition) is 1. The number of benzene rings is 2. The summed E-state index contributed by atoms with van der Waals surface area (Å²) in [5, 5.41) is 8.04. The molecule has 2 N–H and O–H groups in total. The molecule has 0 saturated carbocycles. The fourth-order valence-corrected chi connectivity index (χ4v) is 2.18. The summed E-state index contributed by atoms with van der Waals surface area (Å²) in [5.74, 6) is -0.458. The minimum absolute atomic E-state index is 0.167. The van der Waals surface area contributed by atoms with E-state index in [9.17, 15) is 4.39 Å². The van der Waals surface area contributed by atoms with E-state index >= 15 is 0 Å². The maximum Gasteiger partial charge on any atom is 0.125 e. The Balaban J connectivity index is 2.21. The molecule has 0 spiro atoms. The molecular weight excluding hydrogens is 279 g/mol.